The minimum absolute atomic E-state index is 0.120. The Morgan fingerprint density at radius 2 is 1.78 bits per heavy atom. The first-order chi connectivity index (χ1) is 17.6. The third-order valence-corrected chi connectivity index (χ3v) is 6.93. The second-order valence-corrected chi connectivity index (χ2v) is 9.44. The van der Waals surface area contributed by atoms with Gasteiger partial charge >= 0.3 is 0 Å². The van der Waals surface area contributed by atoms with Crippen LogP contribution in [0.15, 0.2) is 66.9 Å². The van der Waals surface area contributed by atoms with E-state index in [1.165, 1.54) is 6.42 Å². The van der Waals surface area contributed by atoms with E-state index in [1.54, 1.807) is 29.3 Å². The van der Waals surface area contributed by atoms with E-state index in [0.29, 0.717) is 17.2 Å². The van der Waals surface area contributed by atoms with Gasteiger partial charge in [0.05, 0.1) is 0 Å². The molecule has 1 N–H and O–H groups in total. The molecule has 1 atom stereocenters. The normalized spacial score (nSPS) is 15.8. The maximum Gasteiger partial charge on any atom is 0.273 e. The van der Waals surface area contributed by atoms with Gasteiger partial charge < -0.3 is 19.7 Å². The third kappa shape index (κ3) is 5.20. The standard InChI is InChI=1S/C29H31N3O4/c1-20-9-5-6-12-23(20)27(28(33)31-22-10-3-2-4-11-22)32(29(34)24-13-7-8-16-30-24)18-21-14-15-25-26(17-21)36-19-35-25/h5-9,12-17,22,27H,2-4,10-11,18-19H2,1H3,(H,31,33)/t27-/m0/s1. The van der Waals surface area contributed by atoms with Crippen molar-refractivity contribution in [2.75, 3.05) is 6.79 Å². The summed E-state index contributed by atoms with van der Waals surface area (Å²) in [5, 5.41) is 3.26. The Kier molecular flexibility index (Phi) is 7.16. The van der Waals surface area contributed by atoms with E-state index in [4.69, 9.17) is 9.47 Å². The number of amides is 2. The number of carbonyl (C=O) groups is 2. The number of benzene rings is 2. The van der Waals surface area contributed by atoms with Crippen LogP contribution in [-0.4, -0.2) is 34.5 Å². The van der Waals surface area contributed by atoms with E-state index >= 15 is 0 Å². The molecule has 2 heterocycles. The van der Waals surface area contributed by atoms with Gasteiger partial charge in [-0.25, -0.2) is 0 Å². The van der Waals surface area contributed by atoms with E-state index in [1.807, 2.05) is 49.4 Å². The molecule has 2 aromatic carbocycles. The molecule has 0 unspecified atom stereocenters. The number of nitrogens with zero attached hydrogens (tertiary/aromatic N) is 2. The molecule has 36 heavy (non-hydrogen) atoms. The monoisotopic (exact) mass is 485 g/mol. The van der Waals surface area contributed by atoms with E-state index in [-0.39, 0.29) is 31.2 Å². The molecule has 0 bridgehead atoms. The van der Waals surface area contributed by atoms with E-state index in [2.05, 4.69) is 10.3 Å². The second-order valence-electron chi connectivity index (χ2n) is 9.44. The summed E-state index contributed by atoms with van der Waals surface area (Å²) in [5.41, 5.74) is 2.89. The van der Waals surface area contributed by atoms with Crippen LogP contribution in [0.25, 0.3) is 0 Å². The number of hydrogen-bond acceptors (Lipinski definition) is 5. The summed E-state index contributed by atoms with van der Waals surface area (Å²) in [6.45, 7) is 2.36. The van der Waals surface area contributed by atoms with Gasteiger partial charge in [-0.05, 0) is 60.7 Å². The third-order valence-electron chi connectivity index (χ3n) is 6.93. The minimum atomic E-state index is -0.812. The zero-order chi connectivity index (χ0) is 24.9. The summed E-state index contributed by atoms with van der Waals surface area (Å²) in [5.74, 6) is 0.838. The van der Waals surface area contributed by atoms with Crippen molar-refractivity contribution in [1.82, 2.24) is 15.2 Å². The highest BCUT2D eigenvalue weighted by molar-refractivity contribution is 5.96. The second kappa shape index (κ2) is 10.8. The van der Waals surface area contributed by atoms with Crippen LogP contribution >= 0.6 is 0 Å². The number of carbonyl (C=O) groups excluding carboxylic acids is 2. The number of pyridine rings is 1. The molecule has 7 heteroatoms. The van der Waals surface area contributed by atoms with Crippen molar-refractivity contribution in [3.63, 3.8) is 0 Å². The molecule has 186 valence electrons. The molecule has 0 saturated heterocycles. The first kappa shape index (κ1) is 23.9. The zero-order valence-electron chi connectivity index (χ0n) is 20.5. The van der Waals surface area contributed by atoms with Crippen molar-refractivity contribution in [1.29, 1.82) is 0 Å². The molecule has 1 aliphatic carbocycles. The fraction of sp³-hybridized carbons (Fsp3) is 0.345. The predicted octanol–water partition coefficient (Wildman–Crippen LogP) is 4.95. The largest absolute Gasteiger partial charge is 0.454 e. The van der Waals surface area contributed by atoms with Gasteiger partial charge in [0.2, 0.25) is 12.7 Å². The number of ether oxygens (including phenoxy) is 2. The number of fused-ring (bicyclic) bond motifs is 1. The fourth-order valence-corrected chi connectivity index (χ4v) is 5.02. The molecule has 3 aromatic rings. The molecule has 1 fully saturated rings. The van der Waals surface area contributed by atoms with Gasteiger partial charge in [-0.2, -0.15) is 0 Å². The van der Waals surface area contributed by atoms with E-state index in [9.17, 15) is 9.59 Å². The Morgan fingerprint density at radius 3 is 2.56 bits per heavy atom. The number of aromatic nitrogens is 1. The molecular formula is C29H31N3O4. The fourth-order valence-electron chi connectivity index (χ4n) is 5.02. The number of rotatable bonds is 7. The van der Waals surface area contributed by atoms with Crippen LogP contribution in [0.1, 0.15) is 65.3 Å². The summed E-state index contributed by atoms with van der Waals surface area (Å²) in [6.07, 6.45) is 6.92. The molecule has 7 nitrogen and oxygen atoms in total. The topological polar surface area (TPSA) is 80.8 Å². The Labute approximate surface area is 211 Å². The lowest BCUT2D eigenvalue weighted by molar-refractivity contribution is -0.127. The smallest absolute Gasteiger partial charge is 0.273 e. The van der Waals surface area contributed by atoms with Crippen LogP contribution in [-0.2, 0) is 11.3 Å². The van der Waals surface area contributed by atoms with Crippen molar-refractivity contribution >= 4 is 11.8 Å². The molecular weight excluding hydrogens is 454 g/mol. The lowest BCUT2D eigenvalue weighted by Gasteiger charge is -2.34. The molecule has 0 spiro atoms. The number of nitrogens with one attached hydrogen (secondary N) is 1. The van der Waals surface area contributed by atoms with Gasteiger partial charge in [-0.3, -0.25) is 14.6 Å². The van der Waals surface area contributed by atoms with E-state index < -0.39 is 6.04 Å². The van der Waals surface area contributed by atoms with Crippen LogP contribution in [0, 0.1) is 6.92 Å². The first-order valence-corrected chi connectivity index (χ1v) is 12.6. The number of aryl methyl sites for hydroxylation is 1. The highest BCUT2D eigenvalue weighted by atomic mass is 16.7. The average Bonchev–Trinajstić information content (AvgIpc) is 3.38. The molecule has 2 aliphatic rings. The van der Waals surface area contributed by atoms with Crippen LogP contribution in [0.5, 0.6) is 11.5 Å². The average molecular weight is 486 g/mol. The highest BCUT2D eigenvalue weighted by Crippen LogP contribution is 2.34. The maximum absolute atomic E-state index is 13.9. The number of hydrogen-bond donors (Lipinski definition) is 1. The van der Waals surface area contributed by atoms with Gasteiger partial charge in [0, 0.05) is 18.8 Å². The van der Waals surface area contributed by atoms with Crippen molar-refractivity contribution in [3.8, 4) is 11.5 Å². The zero-order valence-corrected chi connectivity index (χ0v) is 20.5. The van der Waals surface area contributed by atoms with Crippen LogP contribution in [0.4, 0.5) is 0 Å². The first-order valence-electron chi connectivity index (χ1n) is 12.6. The van der Waals surface area contributed by atoms with Gasteiger partial charge in [0.25, 0.3) is 5.91 Å². The lowest BCUT2D eigenvalue weighted by atomic mass is 9.93. The maximum atomic E-state index is 13.9. The molecule has 5 rings (SSSR count). The van der Waals surface area contributed by atoms with Gasteiger partial charge in [0.15, 0.2) is 11.5 Å². The molecule has 0 radical (unpaired) electrons. The van der Waals surface area contributed by atoms with Crippen molar-refractivity contribution < 1.29 is 19.1 Å². The summed E-state index contributed by atoms with van der Waals surface area (Å²) in [6, 6.07) is 17.9. The van der Waals surface area contributed by atoms with E-state index in [0.717, 1.165) is 42.4 Å². The quantitative estimate of drug-likeness (QED) is 0.512. The molecule has 1 saturated carbocycles. The van der Waals surface area contributed by atoms with Gasteiger partial charge in [0.1, 0.15) is 11.7 Å². The summed E-state index contributed by atoms with van der Waals surface area (Å²) >= 11 is 0. The predicted molar refractivity (Wildman–Crippen MR) is 136 cm³/mol. The summed E-state index contributed by atoms with van der Waals surface area (Å²) < 4.78 is 11.0. The van der Waals surface area contributed by atoms with Crippen LogP contribution < -0.4 is 14.8 Å². The summed E-state index contributed by atoms with van der Waals surface area (Å²) in [7, 11) is 0. The Bertz CT molecular complexity index is 1220. The molecule has 2 amide bonds. The Morgan fingerprint density at radius 1 is 1.00 bits per heavy atom. The summed E-state index contributed by atoms with van der Waals surface area (Å²) in [4.78, 5) is 33.8. The molecule has 1 aromatic heterocycles. The van der Waals surface area contributed by atoms with Crippen molar-refractivity contribution in [2.24, 2.45) is 0 Å². The Hall–Kier alpha value is -3.87. The molecule has 1 aliphatic heterocycles. The van der Waals surface area contributed by atoms with Gasteiger partial charge in [-0.15, -0.1) is 0 Å². The Balaban J connectivity index is 1.55. The SMILES string of the molecule is Cc1ccccc1[C@@H](C(=O)NC1CCCCC1)N(Cc1ccc2c(c1)OCO2)C(=O)c1ccccn1. The minimum Gasteiger partial charge on any atom is -0.454 e. The van der Waals surface area contributed by atoms with Crippen LogP contribution in [0.3, 0.4) is 0 Å². The van der Waals surface area contributed by atoms with Crippen LogP contribution in [0.2, 0.25) is 0 Å². The lowest BCUT2D eigenvalue weighted by Crippen LogP contribution is -2.47. The van der Waals surface area contributed by atoms with Crippen molar-refractivity contribution in [2.45, 2.75) is 57.7 Å². The van der Waals surface area contributed by atoms with Crippen molar-refractivity contribution in [3.05, 3.63) is 89.2 Å². The van der Waals surface area contributed by atoms with Gasteiger partial charge in [-0.1, -0.05) is 55.7 Å². The highest BCUT2D eigenvalue weighted by Gasteiger charge is 2.35.